The van der Waals surface area contributed by atoms with E-state index < -0.39 is 58.5 Å². The molecule has 2 aromatic rings. The van der Waals surface area contributed by atoms with Gasteiger partial charge in [0.2, 0.25) is 23.5 Å². The summed E-state index contributed by atoms with van der Waals surface area (Å²) in [5, 5.41) is 12.6. The number of hydrogen-bond donors (Lipinski definition) is 4. The molecule has 2 saturated carbocycles. The number of hydrogen-bond acceptors (Lipinski definition) is 7. The molecule has 0 radical (unpaired) electrons. The van der Waals surface area contributed by atoms with Gasteiger partial charge >= 0.3 is 0 Å². The van der Waals surface area contributed by atoms with E-state index in [1.54, 1.807) is 11.0 Å². The average Bonchev–Trinajstić information content (AvgIpc) is 3.94. The van der Waals surface area contributed by atoms with Crippen molar-refractivity contribution in [1.82, 2.24) is 31.2 Å². The Morgan fingerprint density at radius 2 is 1.68 bits per heavy atom. The lowest BCUT2D eigenvalue weighted by atomic mass is 9.71. The number of ketones is 1. The fourth-order valence-electron chi connectivity index (χ4n) is 9.06. The molecule has 1 aliphatic heterocycles. The first-order valence-electron chi connectivity index (χ1n) is 22.1. The van der Waals surface area contributed by atoms with E-state index in [9.17, 15) is 19.2 Å². The van der Waals surface area contributed by atoms with E-state index in [-0.39, 0.29) is 30.2 Å². The standard InChI is InChI=1S/C47H68N6O6/c1-8-24-48-43(57)39(54)37(25-31-22-23-31)50-42(56)38-26-32(17-15-16-30(3)4)29-53(38)44(58)40(46(5,6)7)51-45(59)47(9-2,35-19-11-10-12-20-35)52-41(55)34-27-33-18-13-14-21-36(33)49-28-34/h8,13-14,18,21,27-28,30-32,35,37-38,40H,1,9-12,15-17,19-20,22-26,29H2,2-7H3,(H,48,57)(H,50,56)(H,51,59)(H,52,55)/t32?,37?,38?,40-,47?/m1/s1. The molecule has 2 aliphatic carbocycles. The summed E-state index contributed by atoms with van der Waals surface area (Å²) in [7, 11) is 0. The predicted molar refractivity (Wildman–Crippen MR) is 230 cm³/mol. The molecule has 5 amide bonds. The van der Waals surface area contributed by atoms with Crippen molar-refractivity contribution >= 4 is 46.2 Å². The van der Waals surface area contributed by atoms with Crippen LogP contribution in [0.5, 0.6) is 0 Å². The van der Waals surface area contributed by atoms with Crippen LogP contribution in [-0.4, -0.2) is 82.0 Å². The molecular formula is C47H68N6O6. The number of nitrogens with one attached hydrogen (secondary N) is 4. The third-order valence-electron chi connectivity index (χ3n) is 12.7. The Morgan fingerprint density at radius 3 is 2.32 bits per heavy atom. The minimum absolute atomic E-state index is 0.0325. The smallest absolute Gasteiger partial charge is 0.289 e. The van der Waals surface area contributed by atoms with Crippen LogP contribution >= 0.6 is 0 Å². The van der Waals surface area contributed by atoms with Gasteiger partial charge in [0.1, 0.15) is 17.6 Å². The average molecular weight is 813 g/mol. The van der Waals surface area contributed by atoms with Gasteiger partial charge < -0.3 is 26.2 Å². The fraction of sp³-hybridized carbons (Fsp3) is 0.638. The van der Waals surface area contributed by atoms with Crippen molar-refractivity contribution in [2.45, 2.75) is 149 Å². The second-order valence-corrected chi connectivity index (χ2v) is 18.8. The zero-order valence-electron chi connectivity index (χ0n) is 36.2. The van der Waals surface area contributed by atoms with Gasteiger partial charge in [-0.1, -0.05) is 111 Å². The van der Waals surface area contributed by atoms with Gasteiger partial charge in [0, 0.05) is 24.7 Å². The van der Waals surface area contributed by atoms with Crippen LogP contribution in [-0.2, 0) is 24.0 Å². The number of para-hydroxylation sites is 1. The van der Waals surface area contributed by atoms with Gasteiger partial charge in [0.15, 0.2) is 0 Å². The summed E-state index contributed by atoms with van der Waals surface area (Å²) in [4.78, 5) is 90.8. The summed E-state index contributed by atoms with van der Waals surface area (Å²) in [6, 6.07) is 6.39. The van der Waals surface area contributed by atoms with Crippen molar-refractivity contribution in [1.29, 1.82) is 0 Å². The molecule has 5 atom stereocenters. The molecule has 4 N–H and O–H groups in total. The number of amides is 5. The lowest BCUT2D eigenvalue weighted by molar-refractivity contribution is -0.146. The van der Waals surface area contributed by atoms with Gasteiger partial charge in [-0.3, -0.25) is 33.8 Å². The van der Waals surface area contributed by atoms with Crippen LogP contribution in [0.15, 0.2) is 49.2 Å². The summed E-state index contributed by atoms with van der Waals surface area (Å²) in [5.41, 5.74) is -0.983. The summed E-state index contributed by atoms with van der Waals surface area (Å²) >= 11 is 0. The highest BCUT2D eigenvalue weighted by molar-refractivity contribution is 6.38. The maximum Gasteiger partial charge on any atom is 0.289 e. The van der Waals surface area contributed by atoms with Gasteiger partial charge in [-0.2, -0.15) is 0 Å². The molecule has 1 saturated heterocycles. The number of carbonyl (C=O) groups excluding carboxylic acids is 6. The van der Waals surface area contributed by atoms with Crippen LogP contribution in [0.1, 0.15) is 135 Å². The number of fused-ring (bicyclic) bond motifs is 1. The zero-order chi connectivity index (χ0) is 42.9. The van der Waals surface area contributed by atoms with Crippen LogP contribution in [0.25, 0.3) is 10.9 Å². The maximum absolute atomic E-state index is 15.1. The Kier molecular flexibility index (Phi) is 15.5. The number of rotatable bonds is 19. The lowest BCUT2D eigenvalue weighted by Gasteiger charge is -2.44. The minimum Gasteiger partial charge on any atom is -0.346 e. The van der Waals surface area contributed by atoms with Crippen molar-refractivity contribution < 1.29 is 28.8 Å². The SMILES string of the molecule is C=CCNC(=O)C(=O)C(CC1CC1)NC(=O)C1CC(CCCC(C)C)CN1C(=O)[C@@H](NC(=O)C(CC)(NC(=O)c1cnc2ccccc2c1)C1CCCCC1)C(C)(C)C. The van der Waals surface area contributed by atoms with E-state index in [1.807, 2.05) is 52.0 Å². The fourth-order valence-corrected chi connectivity index (χ4v) is 9.06. The second kappa shape index (κ2) is 20.1. The number of aromatic nitrogens is 1. The number of carbonyl (C=O) groups is 6. The number of benzene rings is 1. The third-order valence-corrected chi connectivity index (χ3v) is 12.7. The number of Topliss-reactive ketones (excluding diaryl/α,β-unsaturated/α-hetero) is 1. The summed E-state index contributed by atoms with van der Waals surface area (Å²) in [6.07, 6.45) is 13.1. The zero-order valence-corrected chi connectivity index (χ0v) is 36.2. The van der Waals surface area contributed by atoms with Crippen LogP contribution in [0, 0.1) is 29.1 Å². The largest absolute Gasteiger partial charge is 0.346 e. The van der Waals surface area contributed by atoms with E-state index in [2.05, 4.69) is 46.7 Å². The van der Waals surface area contributed by atoms with Crippen LogP contribution in [0.4, 0.5) is 0 Å². The molecule has 5 rings (SSSR count). The van der Waals surface area contributed by atoms with Gasteiger partial charge in [0.05, 0.1) is 17.1 Å². The Bertz CT molecular complexity index is 1850. The van der Waals surface area contributed by atoms with Crippen LogP contribution in [0.3, 0.4) is 0 Å². The van der Waals surface area contributed by atoms with Gasteiger partial charge in [-0.25, -0.2) is 0 Å². The molecule has 59 heavy (non-hydrogen) atoms. The summed E-state index contributed by atoms with van der Waals surface area (Å²) < 4.78 is 0. The van der Waals surface area contributed by atoms with Crippen molar-refractivity contribution in [3.8, 4) is 0 Å². The molecule has 322 valence electrons. The molecule has 0 spiro atoms. The number of pyridine rings is 1. The number of nitrogens with zero attached hydrogens (tertiary/aromatic N) is 2. The maximum atomic E-state index is 15.1. The first-order chi connectivity index (χ1) is 28.1. The van der Waals surface area contributed by atoms with E-state index >= 15 is 9.59 Å². The summed E-state index contributed by atoms with van der Waals surface area (Å²) in [6.45, 7) is 16.0. The van der Waals surface area contributed by atoms with E-state index in [0.717, 1.165) is 75.1 Å². The van der Waals surface area contributed by atoms with Crippen molar-refractivity contribution in [2.75, 3.05) is 13.1 Å². The lowest BCUT2D eigenvalue weighted by Crippen LogP contribution is -2.67. The first kappa shape index (κ1) is 45.5. The monoisotopic (exact) mass is 813 g/mol. The quantitative estimate of drug-likeness (QED) is 0.0938. The molecule has 3 aliphatic rings. The van der Waals surface area contributed by atoms with E-state index in [1.165, 1.54) is 12.3 Å². The van der Waals surface area contributed by atoms with Crippen LogP contribution < -0.4 is 21.3 Å². The number of likely N-dealkylation sites (tertiary alicyclic amines) is 1. The van der Waals surface area contributed by atoms with Gasteiger partial charge in [-0.05, 0) is 79.7 Å². The molecule has 1 aromatic carbocycles. The Morgan fingerprint density at radius 1 is 0.966 bits per heavy atom. The Hall–Kier alpha value is -4.61. The first-order valence-corrected chi connectivity index (χ1v) is 22.1. The summed E-state index contributed by atoms with van der Waals surface area (Å²) in [5.74, 6) is -2.55. The molecule has 12 heteroatoms. The van der Waals surface area contributed by atoms with Gasteiger partial charge in [-0.15, -0.1) is 6.58 Å². The topological polar surface area (TPSA) is 167 Å². The minimum atomic E-state index is -1.31. The molecule has 3 fully saturated rings. The van der Waals surface area contributed by atoms with Crippen molar-refractivity contribution in [3.63, 3.8) is 0 Å². The van der Waals surface area contributed by atoms with Gasteiger partial charge in [0.25, 0.3) is 11.8 Å². The van der Waals surface area contributed by atoms with Crippen LogP contribution in [0.2, 0.25) is 0 Å². The molecule has 2 heterocycles. The molecule has 1 aromatic heterocycles. The van der Waals surface area contributed by atoms with Crippen molar-refractivity contribution in [3.05, 3.63) is 54.7 Å². The molecule has 12 nitrogen and oxygen atoms in total. The molecular weight excluding hydrogens is 745 g/mol. The van der Waals surface area contributed by atoms with E-state index in [0.29, 0.717) is 37.3 Å². The van der Waals surface area contributed by atoms with E-state index in [4.69, 9.17) is 0 Å². The highest BCUT2D eigenvalue weighted by atomic mass is 16.2. The third kappa shape index (κ3) is 11.6. The highest BCUT2D eigenvalue weighted by Crippen LogP contribution is 2.38. The Labute approximate surface area is 350 Å². The van der Waals surface area contributed by atoms with Crippen molar-refractivity contribution in [2.24, 2.45) is 29.1 Å². The second-order valence-electron chi connectivity index (χ2n) is 18.8. The molecule has 4 unspecified atom stereocenters. The molecule has 0 bridgehead atoms. The Balaban J connectivity index is 1.43. The highest BCUT2D eigenvalue weighted by Gasteiger charge is 2.50. The predicted octanol–water partition coefficient (Wildman–Crippen LogP) is 6.42. The normalized spacial score (nSPS) is 20.6.